The second-order valence-corrected chi connectivity index (χ2v) is 5.82. The van der Waals surface area contributed by atoms with Gasteiger partial charge in [-0.3, -0.25) is 9.59 Å². The molecule has 2 heterocycles. The number of rotatable bonds is 4. The van der Waals surface area contributed by atoms with Crippen molar-refractivity contribution in [2.45, 2.75) is 19.3 Å². The quantitative estimate of drug-likeness (QED) is 0.942. The van der Waals surface area contributed by atoms with E-state index in [9.17, 15) is 9.59 Å². The zero-order valence-electron chi connectivity index (χ0n) is 12.1. The van der Waals surface area contributed by atoms with Crippen LogP contribution in [0.4, 0.5) is 0 Å². The van der Waals surface area contributed by atoms with Crippen LogP contribution in [0.25, 0.3) is 11.0 Å². The molecule has 0 atom stereocenters. The van der Waals surface area contributed by atoms with Gasteiger partial charge in [0.2, 0.25) is 5.91 Å². The summed E-state index contributed by atoms with van der Waals surface area (Å²) in [7, 11) is 0. The number of fused-ring (bicyclic) bond motifs is 1. The molecule has 1 fully saturated rings. The number of nitrogens with zero attached hydrogens (tertiary/aromatic N) is 1. The summed E-state index contributed by atoms with van der Waals surface area (Å²) in [6, 6.07) is 6.84. The lowest BCUT2D eigenvalue weighted by atomic mass is 10.2. The molecule has 1 aromatic heterocycles. The smallest absolute Gasteiger partial charge is 0.287 e. The van der Waals surface area contributed by atoms with E-state index in [4.69, 9.17) is 16.0 Å². The van der Waals surface area contributed by atoms with Crippen LogP contribution in [0.2, 0.25) is 5.02 Å². The fraction of sp³-hybridized carbons (Fsp3) is 0.375. The maximum atomic E-state index is 12.0. The minimum absolute atomic E-state index is 0.0918. The van der Waals surface area contributed by atoms with Gasteiger partial charge in [0.1, 0.15) is 5.58 Å². The molecule has 0 unspecified atom stereocenters. The average Bonchev–Trinajstić information content (AvgIpc) is 3.15. The molecule has 1 saturated heterocycles. The lowest BCUT2D eigenvalue weighted by Gasteiger charge is -2.14. The van der Waals surface area contributed by atoms with E-state index in [0.717, 1.165) is 31.3 Å². The zero-order chi connectivity index (χ0) is 15.5. The van der Waals surface area contributed by atoms with Gasteiger partial charge in [0, 0.05) is 36.5 Å². The zero-order valence-corrected chi connectivity index (χ0v) is 12.9. The monoisotopic (exact) mass is 320 g/mol. The summed E-state index contributed by atoms with van der Waals surface area (Å²) in [5.74, 6) is 0.00150. The number of hydrogen-bond acceptors (Lipinski definition) is 3. The van der Waals surface area contributed by atoms with Crippen molar-refractivity contribution in [2.75, 3.05) is 19.6 Å². The van der Waals surface area contributed by atoms with Crippen molar-refractivity contribution in [3.05, 3.63) is 35.0 Å². The van der Waals surface area contributed by atoms with Gasteiger partial charge in [0.05, 0.1) is 0 Å². The standard InChI is InChI=1S/C16H17ClN2O3/c17-12-3-4-13-11(9-12)10-14(22-13)16(21)18-6-5-15(20)19-7-1-2-8-19/h3-4,9-10H,1-2,5-8H2,(H,18,21). The number of likely N-dealkylation sites (tertiary alicyclic amines) is 1. The molecule has 1 aliphatic heterocycles. The van der Waals surface area contributed by atoms with Gasteiger partial charge in [-0.1, -0.05) is 11.6 Å². The van der Waals surface area contributed by atoms with Crippen LogP contribution in [-0.4, -0.2) is 36.3 Å². The fourth-order valence-electron chi connectivity index (χ4n) is 2.62. The second-order valence-electron chi connectivity index (χ2n) is 5.39. The Bertz CT molecular complexity index is 704. The summed E-state index contributed by atoms with van der Waals surface area (Å²) in [6.07, 6.45) is 2.46. The highest BCUT2D eigenvalue weighted by molar-refractivity contribution is 6.31. The second kappa shape index (κ2) is 6.40. The van der Waals surface area contributed by atoms with Crippen LogP contribution in [0.3, 0.4) is 0 Å². The van der Waals surface area contributed by atoms with Crippen LogP contribution in [0.1, 0.15) is 29.8 Å². The summed E-state index contributed by atoms with van der Waals surface area (Å²) in [5.41, 5.74) is 0.614. The van der Waals surface area contributed by atoms with Crippen molar-refractivity contribution in [1.82, 2.24) is 10.2 Å². The van der Waals surface area contributed by atoms with Crippen molar-refractivity contribution in [3.63, 3.8) is 0 Å². The highest BCUT2D eigenvalue weighted by Crippen LogP contribution is 2.22. The van der Waals surface area contributed by atoms with E-state index in [1.165, 1.54) is 0 Å². The number of carbonyl (C=O) groups is 2. The van der Waals surface area contributed by atoms with Crippen LogP contribution < -0.4 is 5.32 Å². The molecule has 0 bridgehead atoms. The highest BCUT2D eigenvalue weighted by atomic mass is 35.5. The number of hydrogen-bond donors (Lipinski definition) is 1. The van der Waals surface area contributed by atoms with Gasteiger partial charge in [0.25, 0.3) is 5.91 Å². The number of nitrogens with one attached hydrogen (secondary N) is 1. The Morgan fingerprint density at radius 3 is 2.77 bits per heavy atom. The highest BCUT2D eigenvalue weighted by Gasteiger charge is 2.18. The van der Waals surface area contributed by atoms with Crippen LogP contribution >= 0.6 is 11.6 Å². The van der Waals surface area contributed by atoms with Crippen LogP contribution in [0.15, 0.2) is 28.7 Å². The first-order chi connectivity index (χ1) is 10.6. The molecule has 2 aromatic rings. The van der Waals surface area contributed by atoms with Crippen molar-refractivity contribution in [1.29, 1.82) is 0 Å². The summed E-state index contributed by atoms with van der Waals surface area (Å²) in [6.45, 7) is 1.97. The molecular weight excluding hydrogens is 304 g/mol. The van der Waals surface area contributed by atoms with E-state index in [1.807, 2.05) is 4.90 Å². The van der Waals surface area contributed by atoms with Crippen molar-refractivity contribution in [3.8, 4) is 0 Å². The van der Waals surface area contributed by atoms with Gasteiger partial charge in [-0.25, -0.2) is 0 Å². The number of amides is 2. The number of benzene rings is 1. The molecular formula is C16H17ClN2O3. The molecule has 0 radical (unpaired) electrons. The molecule has 5 nitrogen and oxygen atoms in total. The molecule has 22 heavy (non-hydrogen) atoms. The van der Waals surface area contributed by atoms with Gasteiger partial charge in [-0.15, -0.1) is 0 Å². The molecule has 0 saturated carbocycles. The van der Waals surface area contributed by atoms with E-state index in [0.29, 0.717) is 23.6 Å². The predicted octanol–water partition coefficient (Wildman–Crippen LogP) is 2.83. The molecule has 3 rings (SSSR count). The van der Waals surface area contributed by atoms with Gasteiger partial charge in [-0.05, 0) is 37.1 Å². The summed E-state index contributed by atoms with van der Waals surface area (Å²) in [5, 5.41) is 4.09. The van der Waals surface area contributed by atoms with Gasteiger partial charge in [-0.2, -0.15) is 0 Å². The maximum absolute atomic E-state index is 12.0. The lowest BCUT2D eigenvalue weighted by molar-refractivity contribution is -0.129. The van der Waals surface area contributed by atoms with E-state index in [1.54, 1.807) is 24.3 Å². The SMILES string of the molecule is O=C(NCCC(=O)N1CCCC1)c1cc2cc(Cl)ccc2o1. The molecule has 6 heteroatoms. The Morgan fingerprint density at radius 2 is 2.00 bits per heavy atom. The number of carbonyl (C=O) groups excluding carboxylic acids is 2. The lowest BCUT2D eigenvalue weighted by Crippen LogP contribution is -2.32. The van der Waals surface area contributed by atoms with Crippen LogP contribution in [-0.2, 0) is 4.79 Å². The fourth-order valence-corrected chi connectivity index (χ4v) is 2.80. The van der Waals surface area contributed by atoms with Crippen molar-refractivity contribution < 1.29 is 14.0 Å². The third-order valence-corrected chi connectivity index (χ3v) is 4.02. The molecule has 1 N–H and O–H groups in total. The summed E-state index contributed by atoms with van der Waals surface area (Å²) < 4.78 is 5.48. The number of furan rings is 1. The third-order valence-electron chi connectivity index (χ3n) is 3.79. The minimum atomic E-state index is -0.318. The van der Waals surface area contributed by atoms with Gasteiger partial charge < -0.3 is 14.6 Å². The van der Waals surface area contributed by atoms with Gasteiger partial charge >= 0.3 is 0 Å². The number of halogens is 1. The van der Waals surface area contributed by atoms with Gasteiger partial charge in [0.15, 0.2) is 5.76 Å². The molecule has 116 valence electrons. The summed E-state index contributed by atoms with van der Waals surface area (Å²) in [4.78, 5) is 25.8. The first-order valence-electron chi connectivity index (χ1n) is 7.38. The topological polar surface area (TPSA) is 62.6 Å². The maximum Gasteiger partial charge on any atom is 0.287 e. The first-order valence-corrected chi connectivity index (χ1v) is 7.76. The van der Waals surface area contributed by atoms with Crippen molar-refractivity contribution in [2.24, 2.45) is 0 Å². The average molecular weight is 321 g/mol. The van der Waals surface area contributed by atoms with E-state index in [-0.39, 0.29) is 17.6 Å². The molecule has 2 amide bonds. The minimum Gasteiger partial charge on any atom is -0.451 e. The molecule has 1 aliphatic rings. The van der Waals surface area contributed by atoms with Crippen LogP contribution in [0, 0.1) is 0 Å². The van der Waals surface area contributed by atoms with E-state index >= 15 is 0 Å². The Hall–Kier alpha value is -2.01. The third kappa shape index (κ3) is 3.25. The normalized spacial score (nSPS) is 14.5. The Labute approximate surface area is 133 Å². The predicted molar refractivity (Wildman–Crippen MR) is 84.0 cm³/mol. The Kier molecular flexibility index (Phi) is 4.34. The Balaban J connectivity index is 1.55. The molecule has 0 aliphatic carbocycles. The van der Waals surface area contributed by atoms with Crippen LogP contribution in [0.5, 0.6) is 0 Å². The largest absolute Gasteiger partial charge is 0.451 e. The Morgan fingerprint density at radius 1 is 1.23 bits per heavy atom. The van der Waals surface area contributed by atoms with Crippen molar-refractivity contribution >= 4 is 34.4 Å². The first kappa shape index (κ1) is 14.9. The van der Waals surface area contributed by atoms with E-state index in [2.05, 4.69) is 5.32 Å². The molecule has 1 aromatic carbocycles. The molecule has 0 spiro atoms. The summed E-state index contributed by atoms with van der Waals surface area (Å²) >= 11 is 5.90. The van der Waals surface area contributed by atoms with E-state index < -0.39 is 0 Å².